The summed E-state index contributed by atoms with van der Waals surface area (Å²) in [5.41, 5.74) is 8.15. The van der Waals surface area contributed by atoms with Crippen LogP contribution in [0.4, 0.5) is 5.69 Å². The molecule has 0 radical (unpaired) electrons. The van der Waals surface area contributed by atoms with Crippen molar-refractivity contribution in [1.82, 2.24) is 4.98 Å². The molecule has 0 aliphatic rings. The molecule has 0 fully saturated rings. The zero-order valence-corrected chi connectivity index (χ0v) is 12.2. The van der Waals surface area contributed by atoms with Crippen LogP contribution in [-0.4, -0.2) is 4.98 Å². The van der Waals surface area contributed by atoms with E-state index in [4.69, 9.17) is 28.9 Å². The fourth-order valence-corrected chi connectivity index (χ4v) is 3.56. The van der Waals surface area contributed by atoms with Gasteiger partial charge in [0.25, 0.3) is 0 Å². The Kier molecular flexibility index (Phi) is 3.35. The van der Waals surface area contributed by atoms with E-state index in [1.807, 2.05) is 18.2 Å². The highest BCUT2D eigenvalue weighted by Crippen LogP contribution is 2.32. The first-order valence-corrected chi connectivity index (χ1v) is 7.28. The van der Waals surface area contributed by atoms with Crippen molar-refractivity contribution in [3.05, 3.63) is 57.0 Å². The molecule has 0 aliphatic carbocycles. The van der Waals surface area contributed by atoms with Gasteiger partial charge in [0.1, 0.15) is 0 Å². The maximum absolute atomic E-state index is 6.20. The van der Waals surface area contributed by atoms with Crippen molar-refractivity contribution >= 4 is 50.4 Å². The number of nitrogen functional groups attached to an aromatic ring is 1. The van der Waals surface area contributed by atoms with Crippen molar-refractivity contribution < 1.29 is 0 Å². The number of nitrogens with zero attached hydrogens (tertiary/aromatic N) is 1. The molecule has 0 aliphatic heterocycles. The number of benzene rings is 2. The molecule has 0 saturated heterocycles. The van der Waals surface area contributed by atoms with Gasteiger partial charge in [0, 0.05) is 22.2 Å². The Balaban J connectivity index is 2.01. The van der Waals surface area contributed by atoms with Crippen LogP contribution in [0.25, 0.3) is 10.2 Å². The molecular formula is C14H10Cl2N2S. The minimum Gasteiger partial charge on any atom is -0.399 e. The molecule has 0 amide bonds. The van der Waals surface area contributed by atoms with Gasteiger partial charge in [-0.1, -0.05) is 35.3 Å². The summed E-state index contributed by atoms with van der Waals surface area (Å²) in [6.07, 6.45) is 0.622. The number of aromatic nitrogens is 1. The predicted octanol–water partition coefficient (Wildman–Crippen LogP) is 4.78. The summed E-state index contributed by atoms with van der Waals surface area (Å²) in [7, 11) is 0. The molecule has 0 unspecified atom stereocenters. The van der Waals surface area contributed by atoms with Gasteiger partial charge in [-0.05, 0) is 29.8 Å². The van der Waals surface area contributed by atoms with E-state index < -0.39 is 0 Å². The maximum atomic E-state index is 6.20. The number of nitrogens with two attached hydrogens (primary N) is 1. The lowest BCUT2D eigenvalue weighted by molar-refractivity contribution is 1.16. The molecule has 0 atom stereocenters. The quantitative estimate of drug-likeness (QED) is 0.692. The van der Waals surface area contributed by atoms with E-state index in [-0.39, 0.29) is 0 Å². The molecule has 3 rings (SSSR count). The first-order valence-electron chi connectivity index (χ1n) is 5.71. The fraction of sp³-hybridized carbons (Fsp3) is 0.0714. The van der Waals surface area contributed by atoms with Gasteiger partial charge < -0.3 is 5.73 Å². The Hall–Kier alpha value is -1.29. The van der Waals surface area contributed by atoms with Gasteiger partial charge >= 0.3 is 0 Å². The van der Waals surface area contributed by atoms with Gasteiger partial charge in [0.2, 0.25) is 0 Å². The van der Waals surface area contributed by atoms with Crippen molar-refractivity contribution in [2.24, 2.45) is 0 Å². The average Bonchev–Trinajstić information content (AvgIpc) is 2.76. The Bertz CT molecular complexity index is 696. The zero-order valence-electron chi connectivity index (χ0n) is 9.86. The molecule has 2 N–H and O–H groups in total. The molecule has 2 nitrogen and oxygen atoms in total. The summed E-state index contributed by atoms with van der Waals surface area (Å²) in [5, 5.41) is 2.17. The summed E-state index contributed by atoms with van der Waals surface area (Å²) < 4.78 is 1.17. The fourth-order valence-electron chi connectivity index (χ4n) is 1.94. The first-order chi connectivity index (χ1) is 9.13. The maximum Gasteiger partial charge on any atom is 0.0983 e. The summed E-state index contributed by atoms with van der Waals surface area (Å²) >= 11 is 14.0. The molecular weight excluding hydrogens is 299 g/mol. The summed E-state index contributed by atoms with van der Waals surface area (Å²) in [5.74, 6) is 0. The first kappa shape index (κ1) is 12.7. The van der Waals surface area contributed by atoms with Gasteiger partial charge in [0.05, 0.1) is 15.2 Å². The second-order valence-electron chi connectivity index (χ2n) is 4.22. The monoisotopic (exact) mass is 308 g/mol. The van der Waals surface area contributed by atoms with Crippen LogP contribution < -0.4 is 5.73 Å². The van der Waals surface area contributed by atoms with Crippen molar-refractivity contribution in [3.63, 3.8) is 0 Å². The van der Waals surface area contributed by atoms with E-state index in [9.17, 15) is 0 Å². The number of halogens is 2. The van der Waals surface area contributed by atoms with Crippen LogP contribution in [0.1, 0.15) is 10.6 Å². The number of para-hydroxylation sites is 1. The SMILES string of the molecule is Nc1cc(Cl)c(Cc2nc3ccccc3s2)c(Cl)c1. The Labute approximate surface area is 124 Å². The van der Waals surface area contributed by atoms with Crippen LogP contribution in [0, 0.1) is 0 Å². The molecule has 5 heteroatoms. The number of hydrogen-bond donors (Lipinski definition) is 1. The molecule has 0 bridgehead atoms. The minimum absolute atomic E-state index is 0.572. The van der Waals surface area contributed by atoms with Gasteiger partial charge in [-0.15, -0.1) is 11.3 Å². The van der Waals surface area contributed by atoms with Crippen molar-refractivity contribution in [1.29, 1.82) is 0 Å². The van der Waals surface area contributed by atoms with Crippen molar-refractivity contribution in [3.8, 4) is 0 Å². The molecule has 2 aromatic carbocycles. The van der Waals surface area contributed by atoms with E-state index in [0.717, 1.165) is 16.1 Å². The van der Waals surface area contributed by atoms with Crippen molar-refractivity contribution in [2.45, 2.75) is 6.42 Å². The smallest absolute Gasteiger partial charge is 0.0983 e. The van der Waals surface area contributed by atoms with Gasteiger partial charge in [-0.25, -0.2) is 4.98 Å². The minimum atomic E-state index is 0.572. The van der Waals surface area contributed by atoms with E-state index in [2.05, 4.69) is 11.1 Å². The average molecular weight is 309 g/mol. The number of rotatable bonds is 2. The van der Waals surface area contributed by atoms with Gasteiger partial charge in [-0.3, -0.25) is 0 Å². The predicted molar refractivity (Wildman–Crippen MR) is 83.3 cm³/mol. The Morgan fingerprint density at radius 3 is 2.47 bits per heavy atom. The number of fused-ring (bicyclic) bond motifs is 1. The van der Waals surface area contributed by atoms with Gasteiger partial charge in [0.15, 0.2) is 0 Å². The van der Waals surface area contributed by atoms with E-state index >= 15 is 0 Å². The normalized spacial score (nSPS) is 11.1. The topological polar surface area (TPSA) is 38.9 Å². The zero-order chi connectivity index (χ0) is 13.4. The lowest BCUT2D eigenvalue weighted by atomic mass is 10.1. The lowest BCUT2D eigenvalue weighted by Gasteiger charge is -2.06. The molecule has 1 aromatic heterocycles. The number of thiazole rings is 1. The van der Waals surface area contributed by atoms with Crippen LogP contribution in [0.3, 0.4) is 0 Å². The second kappa shape index (κ2) is 5.00. The largest absolute Gasteiger partial charge is 0.399 e. The van der Waals surface area contributed by atoms with Crippen LogP contribution in [0.2, 0.25) is 10.0 Å². The highest BCUT2D eigenvalue weighted by atomic mass is 35.5. The van der Waals surface area contributed by atoms with Crippen LogP contribution in [-0.2, 0) is 6.42 Å². The standard InChI is InChI=1S/C14H10Cl2N2S/c15-10-5-8(17)6-11(16)9(10)7-14-18-12-3-1-2-4-13(12)19-14/h1-6H,7,17H2. The third-order valence-corrected chi connectivity index (χ3v) is 4.54. The van der Waals surface area contributed by atoms with Crippen LogP contribution in [0.15, 0.2) is 36.4 Å². The lowest BCUT2D eigenvalue weighted by Crippen LogP contribution is -1.93. The summed E-state index contributed by atoms with van der Waals surface area (Å²) in [6, 6.07) is 11.5. The highest BCUT2D eigenvalue weighted by Gasteiger charge is 2.11. The molecule has 1 heterocycles. The summed E-state index contributed by atoms with van der Waals surface area (Å²) in [6.45, 7) is 0. The molecule has 0 spiro atoms. The Morgan fingerprint density at radius 2 is 1.79 bits per heavy atom. The van der Waals surface area contributed by atoms with Gasteiger partial charge in [-0.2, -0.15) is 0 Å². The molecule has 19 heavy (non-hydrogen) atoms. The molecule has 96 valence electrons. The van der Waals surface area contributed by atoms with Crippen LogP contribution >= 0.6 is 34.5 Å². The molecule has 3 aromatic rings. The second-order valence-corrected chi connectivity index (χ2v) is 6.14. The summed E-state index contributed by atoms with van der Waals surface area (Å²) in [4.78, 5) is 4.58. The number of anilines is 1. The van der Waals surface area contributed by atoms with E-state index in [0.29, 0.717) is 22.2 Å². The third kappa shape index (κ3) is 2.54. The number of hydrogen-bond acceptors (Lipinski definition) is 3. The molecule has 0 saturated carbocycles. The van der Waals surface area contributed by atoms with Crippen molar-refractivity contribution in [2.75, 3.05) is 5.73 Å². The highest BCUT2D eigenvalue weighted by molar-refractivity contribution is 7.18. The third-order valence-electron chi connectivity index (χ3n) is 2.83. The van der Waals surface area contributed by atoms with Crippen LogP contribution in [0.5, 0.6) is 0 Å². The van der Waals surface area contributed by atoms with E-state index in [1.165, 1.54) is 4.70 Å². The van der Waals surface area contributed by atoms with E-state index in [1.54, 1.807) is 23.5 Å². The Morgan fingerprint density at radius 1 is 1.11 bits per heavy atom.